The summed E-state index contributed by atoms with van der Waals surface area (Å²) in [5.41, 5.74) is 3.88. The minimum absolute atomic E-state index is 0.0894. The summed E-state index contributed by atoms with van der Waals surface area (Å²) in [5, 5.41) is 6.98. The Hall–Kier alpha value is -3.35. The third-order valence-corrected chi connectivity index (χ3v) is 4.63. The van der Waals surface area contributed by atoms with Crippen LogP contribution in [0.3, 0.4) is 0 Å². The maximum Gasteiger partial charge on any atom is 0.257 e. The van der Waals surface area contributed by atoms with E-state index in [9.17, 15) is 9.59 Å². The van der Waals surface area contributed by atoms with E-state index in [-0.39, 0.29) is 11.5 Å². The van der Waals surface area contributed by atoms with E-state index in [4.69, 9.17) is 4.74 Å². The van der Waals surface area contributed by atoms with E-state index in [1.54, 1.807) is 30.5 Å². The van der Waals surface area contributed by atoms with Crippen LogP contribution in [0.5, 0.6) is 5.75 Å². The van der Waals surface area contributed by atoms with Gasteiger partial charge in [-0.3, -0.25) is 14.7 Å². The number of nitrogens with one attached hydrogen (secondary N) is 2. The quantitative estimate of drug-likeness (QED) is 0.755. The lowest BCUT2D eigenvalue weighted by Gasteiger charge is -2.28. The SMILES string of the molecule is COc1cccc(-c2[nH]ncc2C(=O)N2CCc3cc(=O)[nH]cc3C2)c1. The summed E-state index contributed by atoms with van der Waals surface area (Å²) in [6.07, 6.45) is 3.91. The first-order valence-corrected chi connectivity index (χ1v) is 8.33. The molecule has 0 atom stereocenters. The number of ether oxygens (including phenoxy) is 1. The van der Waals surface area contributed by atoms with Crippen molar-refractivity contribution in [2.75, 3.05) is 13.7 Å². The maximum atomic E-state index is 13.0. The first kappa shape index (κ1) is 16.1. The van der Waals surface area contributed by atoms with Crippen molar-refractivity contribution in [3.05, 3.63) is 69.8 Å². The van der Waals surface area contributed by atoms with Crippen LogP contribution in [0, 0.1) is 0 Å². The fraction of sp³-hybridized carbons (Fsp3) is 0.211. The Morgan fingerprint density at radius 2 is 2.15 bits per heavy atom. The van der Waals surface area contributed by atoms with Gasteiger partial charge in [0.2, 0.25) is 5.56 Å². The van der Waals surface area contributed by atoms with E-state index in [0.717, 1.165) is 16.7 Å². The molecule has 7 nitrogen and oxygen atoms in total. The van der Waals surface area contributed by atoms with Crippen LogP contribution in [0.25, 0.3) is 11.3 Å². The summed E-state index contributed by atoms with van der Waals surface area (Å²) in [7, 11) is 1.60. The molecule has 1 aliphatic heterocycles. The van der Waals surface area contributed by atoms with Crippen LogP contribution in [0.1, 0.15) is 21.5 Å². The lowest BCUT2D eigenvalue weighted by atomic mass is 10.0. The highest BCUT2D eigenvalue weighted by molar-refractivity contribution is 5.99. The predicted octanol–water partition coefficient (Wildman–Crippen LogP) is 1.97. The lowest BCUT2D eigenvalue weighted by molar-refractivity contribution is 0.0735. The van der Waals surface area contributed by atoms with E-state index in [1.807, 2.05) is 24.3 Å². The molecule has 0 spiro atoms. The summed E-state index contributed by atoms with van der Waals surface area (Å²) in [5.74, 6) is 0.625. The topological polar surface area (TPSA) is 91.1 Å². The average molecular weight is 350 g/mol. The zero-order chi connectivity index (χ0) is 18.1. The van der Waals surface area contributed by atoms with Crippen LogP contribution in [0.2, 0.25) is 0 Å². The molecule has 1 aliphatic rings. The van der Waals surface area contributed by atoms with Gasteiger partial charge in [0.25, 0.3) is 5.91 Å². The lowest BCUT2D eigenvalue weighted by Crippen LogP contribution is -2.36. The number of hydrogen-bond donors (Lipinski definition) is 2. The van der Waals surface area contributed by atoms with Crippen molar-refractivity contribution in [3.63, 3.8) is 0 Å². The van der Waals surface area contributed by atoms with Crippen molar-refractivity contribution >= 4 is 5.91 Å². The van der Waals surface area contributed by atoms with Crippen molar-refractivity contribution in [3.8, 4) is 17.0 Å². The van der Waals surface area contributed by atoms with Gasteiger partial charge in [0.15, 0.2) is 0 Å². The third-order valence-electron chi connectivity index (χ3n) is 4.63. The summed E-state index contributed by atoms with van der Waals surface area (Å²) in [6.45, 7) is 1.03. The molecule has 0 fully saturated rings. The van der Waals surface area contributed by atoms with Gasteiger partial charge in [-0.05, 0) is 29.7 Å². The van der Waals surface area contributed by atoms with E-state index in [0.29, 0.717) is 36.5 Å². The number of amides is 1. The summed E-state index contributed by atoms with van der Waals surface area (Å²) in [4.78, 5) is 28.9. The third kappa shape index (κ3) is 2.88. The Bertz CT molecular complexity index is 1020. The Morgan fingerprint density at radius 3 is 3.00 bits per heavy atom. The van der Waals surface area contributed by atoms with Gasteiger partial charge in [0.05, 0.1) is 24.6 Å². The van der Waals surface area contributed by atoms with Gasteiger partial charge in [0.1, 0.15) is 5.75 Å². The molecule has 2 aromatic heterocycles. The number of nitrogens with zero attached hydrogens (tertiary/aromatic N) is 2. The first-order chi connectivity index (χ1) is 12.7. The smallest absolute Gasteiger partial charge is 0.257 e. The number of hydrogen-bond acceptors (Lipinski definition) is 4. The minimum atomic E-state index is -0.112. The van der Waals surface area contributed by atoms with Crippen molar-refractivity contribution < 1.29 is 9.53 Å². The van der Waals surface area contributed by atoms with Gasteiger partial charge < -0.3 is 14.6 Å². The molecule has 0 unspecified atom stereocenters. The van der Waals surface area contributed by atoms with Gasteiger partial charge in [-0.25, -0.2) is 0 Å². The number of carbonyl (C=O) groups is 1. The largest absolute Gasteiger partial charge is 0.497 e. The molecule has 0 saturated carbocycles. The zero-order valence-corrected chi connectivity index (χ0v) is 14.3. The number of fused-ring (bicyclic) bond motifs is 1. The molecule has 1 amide bonds. The molecule has 0 aliphatic carbocycles. The molecule has 7 heteroatoms. The van der Waals surface area contributed by atoms with Crippen LogP contribution >= 0.6 is 0 Å². The van der Waals surface area contributed by atoms with Gasteiger partial charge in [0, 0.05) is 30.9 Å². The highest BCUT2D eigenvalue weighted by Gasteiger charge is 2.25. The number of benzene rings is 1. The van der Waals surface area contributed by atoms with Crippen molar-refractivity contribution in [2.24, 2.45) is 0 Å². The van der Waals surface area contributed by atoms with E-state index >= 15 is 0 Å². The maximum absolute atomic E-state index is 13.0. The van der Waals surface area contributed by atoms with E-state index < -0.39 is 0 Å². The van der Waals surface area contributed by atoms with E-state index in [1.165, 1.54) is 0 Å². The molecule has 4 rings (SSSR count). The van der Waals surface area contributed by atoms with Crippen LogP contribution in [0.15, 0.2) is 47.5 Å². The van der Waals surface area contributed by atoms with E-state index in [2.05, 4.69) is 15.2 Å². The highest BCUT2D eigenvalue weighted by Crippen LogP contribution is 2.27. The van der Waals surface area contributed by atoms with Gasteiger partial charge in [-0.15, -0.1) is 0 Å². The number of pyridine rings is 1. The standard InChI is InChI=1S/C19H18N4O3/c1-26-15-4-2-3-13(7-15)18-16(10-21-22-18)19(25)23-6-5-12-8-17(24)20-9-14(12)11-23/h2-4,7-10H,5-6,11H2,1H3,(H,20,24)(H,21,22). The average Bonchev–Trinajstić information content (AvgIpc) is 3.17. The van der Waals surface area contributed by atoms with Crippen LogP contribution in [-0.2, 0) is 13.0 Å². The number of methoxy groups -OCH3 is 1. The minimum Gasteiger partial charge on any atom is -0.497 e. The summed E-state index contributed by atoms with van der Waals surface area (Å²) in [6, 6.07) is 9.10. The molecular formula is C19H18N4O3. The second-order valence-electron chi connectivity index (χ2n) is 6.22. The molecule has 26 heavy (non-hydrogen) atoms. The Morgan fingerprint density at radius 1 is 1.27 bits per heavy atom. The molecule has 3 aromatic rings. The van der Waals surface area contributed by atoms with Crippen molar-refractivity contribution in [1.29, 1.82) is 0 Å². The normalized spacial score (nSPS) is 13.3. The monoisotopic (exact) mass is 350 g/mol. The summed E-state index contributed by atoms with van der Waals surface area (Å²) < 4.78 is 5.26. The molecule has 3 heterocycles. The fourth-order valence-electron chi connectivity index (χ4n) is 3.25. The fourth-order valence-corrected chi connectivity index (χ4v) is 3.25. The molecule has 132 valence electrons. The number of H-pyrrole nitrogens is 2. The van der Waals surface area contributed by atoms with Gasteiger partial charge in [-0.2, -0.15) is 5.10 Å². The highest BCUT2D eigenvalue weighted by atomic mass is 16.5. The van der Waals surface area contributed by atoms with Crippen LogP contribution in [0.4, 0.5) is 0 Å². The molecular weight excluding hydrogens is 332 g/mol. The molecule has 2 N–H and O–H groups in total. The molecule has 0 saturated heterocycles. The van der Waals surface area contributed by atoms with Crippen LogP contribution < -0.4 is 10.3 Å². The van der Waals surface area contributed by atoms with Gasteiger partial charge in [-0.1, -0.05) is 12.1 Å². The van der Waals surface area contributed by atoms with Crippen molar-refractivity contribution in [2.45, 2.75) is 13.0 Å². The Balaban J connectivity index is 1.63. The molecule has 0 bridgehead atoms. The predicted molar refractivity (Wildman–Crippen MR) is 96.1 cm³/mol. The number of aromatic nitrogens is 3. The zero-order valence-electron chi connectivity index (χ0n) is 14.3. The van der Waals surface area contributed by atoms with Crippen LogP contribution in [-0.4, -0.2) is 39.6 Å². The number of rotatable bonds is 3. The first-order valence-electron chi connectivity index (χ1n) is 8.33. The molecule has 1 aromatic carbocycles. The summed E-state index contributed by atoms with van der Waals surface area (Å²) >= 11 is 0. The Labute approximate surface area is 149 Å². The molecule has 0 radical (unpaired) electrons. The second kappa shape index (κ2) is 6.51. The number of carbonyl (C=O) groups excluding carboxylic acids is 1. The number of aromatic amines is 2. The van der Waals surface area contributed by atoms with Crippen molar-refractivity contribution in [1.82, 2.24) is 20.1 Å². The Kier molecular flexibility index (Phi) is 4.04. The van der Waals surface area contributed by atoms with Gasteiger partial charge >= 0.3 is 0 Å². The second-order valence-corrected chi connectivity index (χ2v) is 6.22.